The fourth-order valence-corrected chi connectivity index (χ4v) is 1.54. The summed E-state index contributed by atoms with van der Waals surface area (Å²) in [5.41, 5.74) is 1.10. The van der Waals surface area contributed by atoms with Crippen LogP contribution in [0, 0.1) is 6.92 Å². The molecule has 0 radical (unpaired) electrons. The number of benzene rings is 1. The minimum atomic E-state index is -0.907. The van der Waals surface area contributed by atoms with E-state index < -0.39 is 5.97 Å². The third-order valence-electron chi connectivity index (χ3n) is 2.66. The van der Waals surface area contributed by atoms with Crippen molar-refractivity contribution in [1.82, 2.24) is 4.90 Å². The molecule has 5 nitrogen and oxygen atoms in total. The van der Waals surface area contributed by atoms with E-state index in [2.05, 4.69) is 0 Å². The number of aliphatic carboxylic acids is 1. The molecule has 0 fully saturated rings. The number of hydrogen-bond acceptors (Lipinski definition) is 3. The van der Waals surface area contributed by atoms with Gasteiger partial charge in [-0.3, -0.25) is 9.59 Å². The lowest BCUT2D eigenvalue weighted by atomic mass is 10.2. The van der Waals surface area contributed by atoms with Gasteiger partial charge in [-0.15, -0.1) is 0 Å². The standard InChI is InChI=1S/C14H19NO4/c1-11-4-3-5-12(10-11)19-9-7-13(16)15(2)8-6-14(17)18/h3-5,10H,6-9H2,1-2H3,(H,17,18). The molecule has 1 aromatic rings. The molecule has 1 N–H and O–H groups in total. The molecular weight excluding hydrogens is 246 g/mol. The third kappa shape index (κ3) is 5.90. The number of carbonyl (C=O) groups excluding carboxylic acids is 1. The molecule has 0 saturated heterocycles. The van der Waals surface area contributed by atoms with E-state index in [0.29, 0.717) is 6.61 Å². The van der Waals surface area contributed by atoms with Crippen molar-refractivity contribution in [1.29, 1.82) is 0 Å². The van der Waals surface area contributed by atoms with Crippen LogP contribution in [0.1, 0.15) is 18.4 Å². The average molecular weight is 265 g/mol. The van der Waals surface area contributed by atoms with Crippen molar-refractivity contribution in [2.45, 2.75) is 19.8 Å². The van der Waals surface area contributed by atoms with Crippen molar-refractivity contribution in [3.63, 3.8) is 0 Å². The van der Waals surface area contributed by atoms with Gasteiger partial charge in [0.15, 0.2) is 0 Å². The molecule has 5 heteroatoms. The highest BCUT2D eigenvalue weighted by Crippen LogP contribution is 2.12. The lowest BCUT2D eigenvalue weighted by molar-refractivity contribution is -0.138. The fraction of sp³-hybridized carbons (Fsp3) is 0.429. The van der Waals surface area contributed by atoms with Crippen molar-refractivity contribution >= 4 is 11.9 Å². The molecule has 0 aromatic heterocycles. The summed E-state index contributed by atoms with van der Waals surface area (Å²) in [7, 11) is 1.60. The van der Waals surface area contributed by atoms with E-state index >= 15 is 0 Å². The Bertz CT molecular complexity index is 445. The van der Waals surface area contributed by atoms with E-state index in [1.54, 1.807) is 7.05 Å². The van der Waals surface area contributed by atoms with Crippen molar-refractivity contribution < 1.29 is 19.4 Å². The Balaban J connectivity index is 2.28. The summed E-state index contributed by atoms with van der Waals surface area (Å²) < 4.78 is 5.47. The molecule has 0 bridgehead atoms. The Hall–Kier alpha value is -2.04. The van der Waals surface area contributed by atoms with Gasteiger partial charge in [0.25, 0.3) is 0 Å². The molecule has 0 unspecified atom stereocenters. The van der Waals surface area contributed by atoms with Crippen LogP contribution in [0.25, 0.3) is 0 Å². The Morgan fingerprint density at radius 3 is 2.68 bits per heavy atom. The third-order valence-corrected chi connectivity index (χ3v) is 2.66. The lowest BCUT2D eigenvalue weighted by Gasteiger charge is -2.16. The number of carboxylic acids is 1. The molecule has 104 valence electrons. The van der Waals surface area contributed by atoms with E-state index in [4.69, 9.17) is 9.84 Å². The first-order valence-electron chi connectivity index (χ1n) is 6.14. The van der Waals surface area contributed by atoms with Crippen LogP contribution in [0.2, 0.25) is 0 Å². The van der Waals surface area contributed by atoms with E-state index in [9.17, 15) is 9.59 Å². The highest BCUT2D eigenvalue weighted by atomic mass is 16.5. The van der Waals surface area contributed by atoms with Crippen LogP contribution < -0.4 is 4.74 Å². The molecule has 0 saturated carbocycles. The number of carboxylic acid groups (broad SMARTS) is 1. The maximum Gasteiger partial charge on any atom is 0.305 e. The van der Waals surface area contributed by atoms with Gasteiger partial charge < -0.3 is 14.7 Å². The predicted octanol–water partition coefficient (Wildman–Crippen LogP) is 1.70. The first-order chi connectivity index (χ1) is 8.99. The maximum atomic E-state index is 11.7. The van der Waals surface area contributed by atoms with Crippen molar-refractivity contribution in [2.24, 2.45) is 0 Å². The van der Waals surface area contributed by atoms with E-state index in [0.717, 1.165) is 11.3 Å². The average Bonchev–Trinajstić information content (AvgIpc) is 2.35. The maximum absolute atomic E-state index is 11.7. The molecule has 1 aromatic carbocycles. The van der Waals surface area contributed by atoms with Crippen LogP contribution in [0.4, 0.5) is 0 Å². The Morgan fingerprint density at radius 2 is 2.05 bits per heavy atom. The van der Waals surface area contributed by atoms with Gasteiger partial charge in [-0.2, -0.15) is 0 Å². The van der Waals surface area contributed by atoms with Gasteiger partial charge in [-0.05, 0) is 24.6 Å². The van der Waals surface area contributed by atoms with Crippen molar-refractivity contribution in [2.75, 3.05) is 20.2 Å². The zero-order valence-electron chi connectivity index (χ0n) is 11.3. The molecule has 0 atom stereocenters. The van der Waals surface area contributed by atoms with Gasteiger partial charge in [0, 0.05) is 13.6 Å². The number of hydrogen-bond donors (Lipinski definition) is 1. The number of carbonyl (C=O) groups is 2. The van der Waals surface area contributed by atoms with Gasteiger partial charge in [-0.25, -0.2) is 0 Å². The minimum absolute atomic E-state index is 0.0407. The molecule has 19 heavy (non-hydrogen) atoms. The van der Waals surface area contributed by atoms with Crippen LogP contribution in [-0.4, -0.2) is 42.1 Å². The number of amides is 1. The zero-order valence-corrected chi connectivity index (χ0v) is 11.3. The molecule has 1 amide bonds. The van der Waals surface area contributed by atoms with E-state index in [1.165, 1.54) is 4.90 Å². The molecule has 0 aliphatic heterocycles. The Labute approximate surface area is 112 Å². The largest absolute Gasteiger partial charge is 0.493 e. The quantitative estimate of drug-likeness (QED) is 0.814. The second-order valence-electron chi connectivity index (χ2n) is 4.37. The first kappa shape index (κ1) is 15.0. The van der Waals surface area contributed by atoms with Crippen LogP contribution in [0.15, 0.2) is 24.3 Å². The van der Waals surface area contributed by atoms with Gasteiger partial charge in [0.2, 0.25) is 5.91 Å². The Morgan fingerprint density at radius 1 is 1.32 bits per heavy atom. The van der Waals surface area contributed by atoms with Crippen LogP contribution in [0.5, 0.6) is 5.75 Å². The Kier molecular flexibility index (Phi) is 5.85. The van der Waals surface area contributed by atoms with E-state index in [1.807, 2.05) is 31.2 Å². The normalized spacial score (nSPS) is 10.0. The number of nitrogens with zero attached hydrogens (tertiary/aromatic N) is 1. The summed E-state index contributed by atoms with van der Waals surface area (Å²) in [5, 5.41) is 8.53. The van der Waals surface area contributed by atoms with Gasteiger partial charge in [0.05, 0.1) is 19.4 Å². The molecule has 0 aliphatic rings. The smallest absolute Gasteiger partial charge is 0.305 e. The van der Waals surface area contributed by atoms with Crippen LogP contribution in [0.3, 0.4) is 0 Å². The monoisotopic (exact) mass is 265 g/mol. The summed E-state index contributed by atoms with van der Waals surface area (Å²) in [6, 6.07) is 7.60. The van der Waals surface area contributed by atoms with Crippen LogP contribution in [-0.2, 0) is 9.59 Å². The molecule has 0 aliphatic carbocycles. The van der Waals surface area contributed by atoms with Crippen molar-refractivity contribution in [3.8, 4) is 5.75 Å². The number of ether oxygens (including phenoxy) is 1. The fourth-order valence-electron chi connectivity index (χ4n) is 1.54. The number of aryl methyl sites for hydroxylation is 1. The second-order valence-corrected chi connectivity index (χ2v) is 4.37. The van der Waals surface area contributed by atoms with E-state index in [-0.39, 0.29) is 25.3 Å². The zero-order chi connectivity index (χ0) is 14.3. The molecule has 1 rings (SSSR count). The summed E-state index contributed by atoms with van der Waals surface area (Å²) >= 11 is 0. The lowest BCUT2D eigenvalue weighted by Crippen LogP contribution is -2.30. The predicted molar refractivity (Wildman–Crippen MR) is 71.2 cm³/mol. The molecule has 0 spiro atoms. The molecular formula is C14H19NO4. The summed E-state index contributed by atoms with van der Waals surface area (Å²) in [4.78, 5) is 23.5. The highest BCUT2D eigenvalue weighted by molar-refractivity contribution is 5.76. The van der Waals surface area contributed by atoms with Gasteiger partial charge >= 0.3 is 5.97 Å². The molecule has 0 heterocycles. The summed E-state index contributed by atoms with van der Waals surface area (Å²) in [6.07, 6.45) is 0.199. The second kappa shape index (κ2) is 7.41. The topological polar surface area (TPSA) is 66.8 Å². The summed E-state index contributed by atoms with van der Waals surface area (Å²) in [5.74, 6) is -0.287. The SMILES string of the molecule is Cc1cccc(OCCC(=O)N(C)CCC(=O)O)c1. The van der Waals surface area contributed by atoms with Crippen molar-refractivity contribution in [3.05, 3.63) is 29.8 Å². The van der Waals surface area contributed by atoms with Crippen LogP contribution >= 0.6 is 0 Å². The first-order valence-corrected chi connectivity index (χ1v) is 6.14. The number of rotatable bonds is 7. The summed E-state index contributed by atoms with van der Waals surface area (Å²) in [6.45, 7) is 2.48. The minimum Gasteiger partial charge on any atom is -0.493 e. The van der Waals surface area contributed by atoms with Gasteiger partial charge in [0.1, 0.15) is 5.75 Å². The highest BCUT2D eigenvalue weighted by Gasteiger charge is 2.10. The van der Waals surface area contributed by atoms with Gasteiger partial charge in [-0.1, -0.05) is 12.1 Å².